The van der Waals surface area contributed by atoms with Gasteiger partial charge in [0, 0.05) is 46.4 Å². The average Bonchev–Trinajstić information content (AvgIpc) is 3.28. The van der Waals surface area contributed by atoms with E-state index in [4.69, 9.17) is 16.0 Å². The fourth-order valence-corrected chi connectivity index (χ4v) is 4.42. The second-order valence-electron chi connectivity index (χ2n) is 6.60. The van der Waals surface area contributed by atoms with Gasteiger partial charge < -0.3 is 18.6 Å². The van der Waals surface area contributed by atoms with E-state index in [1.807, 2.05) is 30.3 Å². The van der Waals surface area contributed by atoms with E-state index in [0.29, 0.717) is 29.2 Å². The van der Waals surface area contributed by atoms with Gasteiger partial charge in [-0.15, -0.1) is 0 Å². The number of benzene rings is 2. The first kappa shape index (κ1) is 23.4. The molecule has 31 heavy (non-hydrogen) atoms. The minimum atomic E-state index is -2.44. The van der Waals surface area contributed by atoms with Crippen molar-refractivity contribution in [1.29, 1.82) is 0 Å². The third kappa shape index (κ3) is 7.14. The molecule has 0 aliphatic carbocycles. The van der Waals surface area contributed by atoms with Crippen molar-refractivity contribution in [3.8, 4) is 0 Å². The van der Waals surface area contributed by atoms with Gasteiger partial charge in [0.2, 0.25) is 0 Å². The smallest absolute Gasteiger partial charge is 0.251 e. The summed E-state index contributed by atoms with van der Waals surface area (Å²) in [6.07, 6.45) is 2.12. The van der Waals surface area contributed by atoms with Crippen LogP contribution in [0.15, 0.2) is 71.3 Å². The maximum absolute atomic E-state index is 12.3. The van der Waals surface area contributed by atoms with Crippen LogP contribution in [0.1, 0.15) is 21.7 Å². The maximum Gasteiger partial charge on any atom is 0.251 e. The molecular weight excluding hydrogens is 456 g/mol. The number of hydrogen-bond donors (Lipinski definition) is 1. The van der Waals surface area contributed by atoms with Crippen LogP contribution in [-0.2, 0) is 23.4 Å². The number of halogens is 1. The summed E-state index contributed by atoms with van der Waals surface area (Å²) in [5.41, 5.74) is 1.84. The standard InChI is InChI=1S/C22H23ClN2O4S2/c23-21-6-2-1-4-17(21)11-13-25(31(27)28)19-9-7-18(8-10-19)22(26)24-12-15-30-16-20-5-3-14-29-20/h1-10,14H,11-13,15-16H2,(H,24,26)(H,27,28)/p-1. The Morgan fingerprint density at radius 2 is 1.90 bits per heavy atom. The van der Waals surface area contributed by atoms with Crippen molar-refractivity contribution in [3.05, 3.63) is 88.8 Å². The van der Waals surface area contributed by atoms with Crippen LogP contribution < -0.4 is 9.62 Å². The number of nitrogens with zero attached hydrogens (tertiary/aromatic N) is 1. The first-order valence-corrected chi connectivity index (χ1v) is 12.2. The zero-order chi connectivity index (χ0) is 22.1. The fourth-order valence-electron chi connectivity index (χ4n) is 2.90. The van der Waals surface area contributed by atoms with Crippen LogP contribution in [0.25, 0.3) is 0 Å². The first-order valence-electron chi connectivity index (χ1n) is 9.63. The van der Waals surface area contributed by atoms with Crippen LogP contribution in [-0.4, -0.2) is 33.5 Å². The van der Waals surface area contributed by atoms with Gasteiger partial charge >= 0.3 is 0 Å². The van der Waals surface area contributed by atoms with Gasteiger partial charge in [-0.25, -0.2) is 0 Å². The van der Waals surface area contributed by atoms with Crippen molar-refractivity contribution < 1.29 is 18.0 Å². The zero-order valence-electron chi connectivity index (χ0n) is 16.7. The number of amides is 1. The number of furan rings is 1. The summed E-state index contributed by atoms with van der Waals surface area (Å²) >= 11 is 5.38. The van der Waals surface area contributed by atoms with Crippen molar-refractivity contribution in [2.45, 2.75) is 12.2 Å². The van der Waals surface area contributed by atoms with E-state index in [0.717, 1.165) is 22.8 Å². The molecule has 0 spiro atoms. The number of hydrogen-bond acceptors (Lipinski definition) is 5. The minimum absolute atomic E-state index is 0.198. The molecule has 0 aliphatic heterocycles. The van der Waals surface area contributed by atoms with Crippen molar-refractivity contribution >= 4 is 46.2 Å². The Morgan fingerprint density at radius 3 is 2.58 bits per heavy atom. The molecule has 1 aromatic heterocycles. The average molecular weight is 478 g/mol. The van der Waals surface area contributed by atoms with E-state index in [-0.39, 0.29) is 12.5 Å². The van der Waals surface area contributed by atoms with Crippen LogP contribution in [0.3, 0.4) is 0 Å². The van der Waals surface area contributed by atoms with Gasteiger partial charge in [-0.1, -0.05) is 29.8 Å². The topological polar surface area (TPSA) is 85.6 Å². The molecule has 0 fully saturated rings. The van der Waals surface area contributed by atoms with E-state index >= 15 is 0 Å². The van der Waals surface area contributed by atoms with Gasteiger partial charge in [-0.2, -0.15) is 11.8 Å². The van der Waals surface area contributed by atoms with Crippen LogP contribution in [0.2, 0.25) is 5.02 Å². The van der Waals surface area contributed by atoms with Crippen LogP contribution in [0.4, 0.5) is 5.69 Å². The summed E-state index contributed by atoms with van der Waals surface area (Å²) in [4.78, 5) is 12.3. The molecular formula is C22H22ClN2O4S2-. The summed E-state index contributed by atoms with van der Waals surface area (Å²) in [5.74, 6) is 2.22. The fraction of sp³-hybridized carbons (Fsp3) is 0.227. The number of nitrogens with one attached hydrogen (secondary N) is 1. The second kappa shape index (κ2) is 12.0. The lowest BCUT2D eigenvalue weighted by molar-refractivity contribution is 0.0956. The molecule has 1 N–H and O–H groups in total. The maximum atomic E-state index is 12.3. The van der Waals surface area contributed by atoms with Crippen LogP contribution in [0.5, 0.6) is 0 Å². The van der Waals surface area contributed by atoms with Crippen molar-refractivity contribution in [2.24, 2.45) is 0 Å². The Kier molecular flexibility index (Phi) is 9.02. The molecule has 0 bridgehead atoms. The van der Waals surface area contributed by atoms with Gasteiger partial charge in [-0.05, 0) is 54.4 Å². The van der Waals surface area contributed by atoms with E-state index in [9.17, 15) is 13.6 Å². The molecule has 164 valence electrons. The SMILES string of the molecule is O=C(NCCSCc1ccco1)c1ccc(N(CCc2ccccc2Cl)S(=O)[O-])cc1. The number of thioether (sulfide) groups is 1. The second-order valence-corrected chi connectivity index (χ2v) is 8.98. The van der Waals surface area contributed by atoms with E-state index in [2.05, 4.69) is 5.32 Å². The van der Waals surface area contributed by atoms with Gasteiger partial charge in [-0.3, -0.25) is 9.00 Å². The largest absolute Gasteiger partial charge is 0.755 e. The molecule has 6 nitrogen and oxygen atoms in total. The minimum Gasteiger partial charge on any atom is -0.755 e. The monoisotopic (exact) mass is 477 g/mol. The summed E-state index contributed by atoms with van der Waals surface area (Å²) in [6.45, 7) is 0.777. The predicted octanol–water partition coefficient (Wildman–Crippen LogP) is 4.44. The Balaban J connectivity index is 1.50. The number of anilines is 1. The highest BCUT2D eigenvalue weighted by atomic mass is 35.5. The van der Waals surface area contributed by atoms with Crippen molar-refractivity contribution in [1.82, 2.24) is 5.32 Å². The van der Waals surface area contributed by atoms with E-state index < -0.39 is 11.3 Å². The molecule has 0 radical (unpaired) electrons. The molecule has 1 atom stereocenters. The molecule has 1 heterocycles. The van der Waals surface area contributed by atoms with E-state index in [1.54, 1.807) is 48.4 Å². The van der Waals surface area contributed by atoms with Gasteiger partial charge in [0.05, 0.1) is 12.0 Å². The third-order valence-corrected chi connectivity index (χ3v) is 6.60. The third-order valence-electron chi connectivity index (χ3n) is 4.50. The Bertz CT molecular complexity index is 997. The summed E-state index contributed by atoms with van der Waals surface area (Å²) in [7, 11) is 0. The Labute approximate surface area is 193 Å². The lowest BCUT2D eigenvalue weighted by atomic mass is 10.1. The molecule has 0 saturated heterocycles. The molecule has 1 amide bonds. The molecule has 3 rings (SSSR count). The summed E-state index contributed by atoms with van der Waals surface area (Å²) in [6, 6.07) is 17.6. The van der Waals surface area contributed by atoms with Gasteiger partial charge in [0.25, 0.3) is 5.91 Å². The summed E-state index contributed by atoms with van der Waals surface area (Å²) in [5, 5.41) is 3.47. The van der Waals surface area contributed by atoms with Gasteiger partial charge in [0.1, 0.15) is 5.76 Å². The Morgan fingerprint density at radius 1 is 1.13 bits per heavy atom. The summed E-state index contributed by atoms with van der Waals surface area (Å²) < 4.78 is 29.9. The normalized spacial score (nSPS) is 11.8. The highest BCUT2D eigenvalue weighted by Gasteiger charge is 2.11. The molecule has 0 aliphatic rings. The van der Waals surface area contributed by atoms with Crippen molar-refractivity contribution in [3.63, 3.8) is 0 Å². The molecule has 1 unspecified atom stereocenters. The van der Waals surface area contributed by atoms with Crippen LogP contribution in [0, 0.1) is 0 Å². The lowest BCUT2D eigenvalue weighted by Crippen LogP contribution is -2.28. The van der Waals surface area contributed by atoms with Crippen molar-refractivity contribution in [2.75, 3.05) is 23.1 Å². The Hall–Kier alpha value is -2.26. The first-order chi connectivity index (χ1) is 15.0. The molecule has 0 saturated carbocycles. The van der Waals surface area contributed by atoms with Crippen LogP contribution >= 0.6 is 23.4 Å². The lowest BCUT2D eigenvalue weighted by Gasteiger charge is -2.26. The molecule has 9 heteroatoms. The highest BCUT2D eigenvalue weighted by molar-refractivity contribution is 7.98. The van der Waals surface area contributed by atoms with Gasteiger partial charge in [0.15, 0.2) is 0 Å². The number of rotatable bonds is 11. The quantitative estimate of drug-likeness (QED) is 0.326. The number of carbonyl (C=O) groups excluding carboxylic acids is 1. The zero-order valence-corrected chi connectivity index (χ0v) is 19.0. The highest BCUT2D eigenvalue weighted by Crippen LogP contribution is 2.20. The molecule has 2 aromatic carbocycles. The predicted molar refractivity (Wildman–Crippen MR) is 125 cm³/mol. The number of carbonyl (C=O) groups is 1. The molecule has 3 aromatic rings. The van der Waals surface area contributed by atoms with E-state index in [1.165, 1.54) is 4.31 Å².